The second-order valence-corrected chi connectivity index (χ2v) is 5.04. The van der Waals surface area contributed by atoms with E-state index >= 15 is 0 Å². The maximum absolute atomic E-state index is 13.1. The van der Waals surface area contributed by atoms with Crippen LogP contribution >= 0.6 is 11.6 Å². The summed E-state index contributed by atoms with van der Waals surface area (Å²) >= 11 is 5.98. The Bertz CT molecular complexity index is 510. The van der Waals surface area contributed by atoms with Crippen LogP contribution in [0.15, 0.2) is 42.7 Å². The lowest BCUT2D eigenvalue weighted by Crippen LogP contribution is -2.22. The lowest BCUT2D eigenvalue weighted by molar-refractivity contribution is 0.490. The molecule has 0 fully saturated rings. The number of hydrogen-bond donors (Lipinski definition) is 1. The topological polar surface area (TPSA) is 24.9 Å². The van der Waals surface area contributed by atoms with Crippen LogP contribution in [-0.2, 0) is 0 Å². The van der Waals surface area contributed by atoms with Crippen molar-refractivity contribution in [2.24, 2.45) is 0 Å². The summed E-state index contributed by atoms with van der Waals surface area (Å²) in [7, 11) is 0. The first-order chi connectivity index (χ1) is 9.06. The minimum Gasteiger partial charge on any atom is -0.304 e. The number of halogens is 2. The van der Waals surface area contributed by atoms with Crippen molar-refractivity contribution in [3.8, 4) is 0 Å². The van der Waals surface area contributed by atoms with E-state index in [0.29, 0.717) is 5.02 Å². The molecule has 1 heterocycles. The van der Waals surface area contributed by atoms with Crippen molar-refractivity contribution in [3.63, 3.8) is 0 Å². The highest BCUT2D eigenvalue weighted by atomic mass is 35.5. The van der Waals surface area contributed by atoms with Crippen LogP contribution in [0.4, 0.5) is 4.39 Å². The molecule has 0 saturated carbocycles. The first kappa shape index (κ1) is 14.0. The van der Waals surface area contributed by atoms with Gasteiger partial charge in [-0.25, -0.2) is 4.39 Å². The molecule has 1 aromatic carbocycles. The first-order valence-electron chi connectivity index (χ1n) is 6.18. The van der Waals surface area contributed by atoms with Gasteiger partial charge in [0.05, 0.1) is 6.20 Å². The summed E-state index contributed by atoms with van der Waals surface area (Å²) in [4.78, 5) is 3.86. The van der Waals surface area contributed by atoms with Crippen LogP contribution in [0.2, 0.25) is 5.02 Å². The van der Waals surface area contributed by atoms with E-state index in [0.717, 1.165) is 11.1 Å². The normalized spacial score (nSPS) is 14.1. The predicted molar refractivity (Wildman–Crippen MR) is 75.6 cm³/mol. The number of pyridine rings is 1. The Hall–Kier alpha value is -1.45. The van der Waals surface area contributed by atoms with Crippen LogP contribution in [0.5, 0.6) is 0 Å². The maximum atomic E-state index is 13.1. The molecule has 2 unspecified atom stereocenters. The molecular formula is C15H16ClFN2. The van der Waals surface area contributed by atoms with E-state index in [-0.39, 0.29) is 17.9 Å². The van der Waals surface area contributed by atoms with Crippen molar-refractivity contribution in [1.29, 1.82) is 0 Å². The average molecular weight is 279 g/mol. The van der Waals surface area contributed by atoms with Crippen molar-refractivity contribution in [2.75, 3.05) is 0 Å². The zero-order chi connectivity index (χ0) is 13.8. The van der Waals surface area contributed by atoms with Gasteiger partial charge >= 0.3 is 0 Å². The smallest absolute Gasteiger partial charge is 0.141 e. The average Bonchev–Trinajstić information content (AvgIpc) is 2.38. The van der Waals surface area contributed by atoms with Crippen LogP contribution in [0, 0.1) is 5.82 Å². The van der Waals surface area contributed by atoms with E-state index in [4.69, 9.17) is 11.6 Å². The SMILES string of the molecule is CC(NC(C)c1cccc(Cl)c1)c1cncc(F)c1. The molecule has 0 aliphatic carbocycles. The summed E-state index contributed by atoms with van der Waals surface area (Å²) in [6.07, 6.45) is 2.88. The van der Waals surface area contributed by atoms with E-state index in [1.54, 1.807) is 6.20 Å². The van der Waals surface area contributed by atoms with Crippen molar-refractivity contribution < 1.29 is 4.39 Å². The quantitative estimate of drug-likeness (QED) is 0.903. The molecule has 0 aliphatic heterocycles. The minimum atomic E-state index is -0.318. The van der Waals surface area contributed by atoms with Crippen LogP contribution in [0.25, 0.3) is 0 Å². The molecule has 1 N–H and O–H groups in total. The Labute approximate surface area is 117 Å². The van der Waals surface area contributed by atoms with E-state index in [1.165, 1.54) is 12.3 Å². The molecule has 19 heavy (non-hydrogen) atoms. The highest BCUT2D eigenvalue weighted by Gasteiger charge is 2.12. The molecule has 0 radical (unpaired) electrons. The zero-order valence-electron chi connectivity index (χ0n) is 10.9. The predicted octanol–water partition coefficient (Wildman–Crippen LogP) is 4.29. The number of benzene rings is 1. The number of aromatic nitrogens is 1. The third kappa shape index (κ3) is 3.75. The number of nitrogens with one attached hydrogen (secondary N) is 1. The van der Waals surface area contributed by atoms with Gasteiger partial charge in [-0.2, -0.15) is 0 Å². The van der Waals surface area contributed by atoms with Gasteiger partial charge in [0.25, 0.3) is 0 Å². The molecule has 1 aromatic heterocycles. The third-order valence-electron chi connectivity index (χ3n) is 3.07. The van der Waals surface area contributed by atoms with Crippen LogP contribution in [0.3, 0.4) is 0 Å². The third-order valence-corrected chi connectivity index (χ3v) is 3.31. The van der Waals surface area contributed by atoms with E-state index in [1.807, 2.05) is 31.2 Å². The molecular weight excluding hydrogens is 263 g/mol. The molecule has 0 spiro atoms. The van der Waals surface area contributed by atoms with Crippen molar-refractivity contribution in [2.45, 2.75) is 25.9 Å². The van der Waals surface area contributed by atoms with Gasteiger partial charge in [-0.1, -0.05) is 23.7 Å². The Balaban J connectivity index is 2.08. The van der Waals surface area contributed by atoms with E-state index in [9.17, 15) is 4.39 Å². The fourth-order valence-corrected chi connectivity index (χ4v) is 2.21. The Morgan fingerprint density at radius 1 is 1.11 bits per heavy atom. The largest absolute Gasteiger partial charge is 0.304 e. The summed E-state index contributed by atoms with van der Waals surface area (Å²) in [6.45, 7) is 4.03. The second-order valence-electron chi connectivity index (χ2n) is 4.60. The molecule has 0 bridgehead atoms. The van der Waals surface area contributed by atoms with Gasteiger partial charge in [-0.05, 0) is 43.2 Å². The summed E-state index contributed by atoms with van der Waals surface area (Å²) in [5.74, 6) is -0.318. The Morgan fingerprint density at radius 2 is 1.84 bits per heavy atom. The lowest BCUT2D eigenvalue weighted by Gasteiger charge is -2.20. The van der Waals surface area contributed by atoms with Gasteiger partial charge in [0.15, 0.2) is 0 Å². The standard InChI is InChI=1S/C15H16ClFN2/c1-10(12-4-3-5-14(16)6-12)19-11(2)13-7-15(17)9-18-8-13/h3-11,19H,1-2H3. The monoisotopic (exact) mass is 278 g/mol. The van der Waals surface area contributed by atoms with Gasteiger partial charge in [0, 0.05) is 23.3 Å². The van der Waals surface area contributed by atoms with Gasteiger partial charge in [0.1, 0.15) is 5.82 Å². The van der Waals surface area contributed by atoms with Crippen LogP contribution < -0.4 is 5.32 Å². The molecule has 0 aliphatic rings. The molecule has 2 nitrogen and oxygen atoms in total. The molecule has 2 atom stereocenters. The molecule has 100 valence electrons. The van der Waals surface area contributed by atoms with Crippen molar-refractivity contribution >= 4 is 11.6 Å². The van der Waals surface area contributed by atoms with Gasteiger partial charge < -0.3 is 5.32 Å². The Kier molecular flexibility index (Phi) is 4.51. The summed E-state index contributed by atoms with van der Waals surface area (Å²) in [6, 6.07) is 9.34. The summed E-state index contributed by atoms with van der Waals surface area (Å²) in [5.41, 5.74) is 1.93. The molecule has 0 saturated heterocycles. The fourth-order valence-electron chi connectivity index (χ4n) is 2.01. The highest BCUT2D eigenvalue weighted by Crippen LogP contribution is 2.21. The van der Waals surface area contributed by atoms with Gasteiger partial charge in [0.2, 0.25) is 0 Å². The van der Waals surface area contributed by atoms with E-state index < -0.39 is 0 Å². The molecule has 4 heteroatoms. The maximum Gasteiger partial charge on any atom is 0.141 e. The molecule has 2 aromatic rings. The summed E-state index contributed by atoms with van der Waals surface area (Å²) in [5, 5.41) is 4.12. The van der Waals surface area contributed by atoms with Gasteiger partial charge in [-0.3, -0.25) is 4.98 Å². The van der Waals surface area contributed by atoms with Crippen molar-refractivity contribution in [1.82, 2.24) is 10.3 Å². The number of hydrogen-bond acceptors (Lipinski definition) is 2. The van der Waals surface area contributed by atoms with Crippen LogP contribution in [-0.4, -0.2) is 4.98 Å². The second kappa shape index (κ2) is 6.13. The van der Waals surface area contributed by atoms with Crippen LogP contribution in [0.1, 0.15) is 37.1 Å². The number of nitrogens with zero attached hydrogens (tertiary/aromatic N) is 1. The van der Waals surface area contributed by atoms with E-state index in [2.05, 4.69) is 17.2 Å². The number of rotatable bonds is 4. The Morgan fingerprint density at radius 3 is 2.53 bits per heavy atom. The van der Waals surface area contributed by atoms with Gasteiger partial charge in [-0.15, -0.1) is 0 Å². The minimum absolute atomic E-state index is 0.0113. The lowest BCUT2D eigenvalue weighted by atomic mass is 10.1. The fraction of sp³-hybridized carbons (Fsp3) is 0.267. The molecule has 2 rings (SSSR count). The zero-order valence-corrected chi connectivity index (χ0v) is 11.7. The molecule has 0 amide bonds. The first-order valence-corrected chi connectivity index (χ1v) is 6.56. The van der Waals surface area contributed by atoms with Crippen molar-refractivity contribution in [3.05, 3.63) is 64.7 Å². The summed E-state index contributed by atoms with van der Waals surface area (Å²) < 4.78 is 13.1. The highest BCUT2D eigenvalue weighted by molar-refractivity contribution is 6.30.